The third-order valence-corrected chi connectivity index (χ3v) is 2.91. The average molecular weight is 234 g/mol. The number of aryl methyl sites for hydroxylation is 1. The summed E-state index contributed by atoms with van der Waals surface area (Å²) in [7, 11) is 3.82. The van der Waals surface area contributed by atoms with Crippen molar-refractivity contribution in [1.82, 2.24) is 30.1 Å². The van der Waals surface area contributed by atoms with E-state index < -0.39 is 0 Å². The summed E-state index contributed by atoms with van der Waals surface area (Å²) in [5.41, 5.74) is 1.89. The Hall–Kier alpha value is -1.69. The van der Waals surface area contributed by atoms with Gasteiger partial charge in [-0.1, -0.05) is 5.21 Å². The third-order valence-electron chi connectivity index (χ3n) is 2.91. The van der Waals surface area contributed by atoms with Gasteiger partial charge in [-0.05, 0) is 20.9 Å². The van der Waals surface area contributed by atoms with E-state index in [0.29, 0.717) is 6.54 Å². The van der Waals surface area contributed by atoms with E-state index in [0.717, 1.165) is 11.3 Å². The molecule has 0 radical (unpaired) electrons. The van der Waals surface area contributed by atoms with Crippen LogP contribution in [0.25, 0.3) is 0 Å². The summed E-state index contributed by atoms with van der Waals surface area (Å²) in [5, 5.41) is 15.6. The Morgan fingerprint density at radius 1 is 1.35 bits per heavy atom. The summed E-state index contributed by atoms with van der Waals surface area (Å²) < 4.78 is 3.61. The highest BCUT2D eigenvalue weighted by Crippen LogP contribution is 2.16. The second-order valence-corrected chi connectivity index (χ2v) is 4.70. The molecule has 0 aromatic carbocycles. The first-order valence-electron chi connectivity index (χ1n) is 5.58. The molecule has 0 atom stereocenters. The normalized spacial score (nSPS) is 12.0. The molecular formula is C11H18N6. The molecule has 0 aliphatic rings. The zero-order valence-corrected chi connectivity index (χ0v) is 10.7. The maximum Gasteiger partial charge on any atom is 0.102 e. The van der Waals surface area contributed by atoms with Crippen LogP contribution in [0.5, 0.6) is 0 Å². The van der Waals surface area contributed by atoms with Crippen molar-refractivity contribution < 1.29 is 0 Å². The quantitative estimate of drug-likeness (QED) is 0.837. The van der Waals surface area contributed by atoms with Crippen molar-refractivity contribution in [2.75, 3.05) is 7.05 Å². The standard InChI is InChI=1S/C11H18N6/c1-11(2,12-3)10-8-17(15-14-10)7-9-5-13-16(4)6-9/h5-6,8,12H,7H2,1-4H3. The monoisotopic (exact) mass is 234 g/mol. The molecule has 2 aromatic heterocycles. The van der Waals surface area contributed by atoms with Gasteiger partial charge in [-0.25, -0.2) is 4.68 Å². The molecule has 0 saturated heterocycles. The van der Waals surface area contributed by atoms with Crippen LogP contribution in [-0.2, 0) is 19.1 Å². The first-order valence-corrected chi connectivity index (χ1v) is 5.58. The fourth-order valence-corrected chi connectivity index (χ4v) is 1.53. The Morgan fingerprint density at radius 3 is 2.71 bits per heavy atom. The summed E-state index contributed by atoms with van der Waals surface area (Å²) in [5.74, 6) is 0. The summed E-state index contributed by atoms with van der Waals surface area (Å²) >= 11 is 0. The number of rotatable bonds is 4. The van der Waals surface area contributed by atoms with Crippen LogP contribution >= 0.6 is 0 Å². The van der Waals surface area contributed by atoms with Crippen LogP contribution in [0.2, 0.25) is 0 Å². The maximum absolute atomic E-state index is 4.18. The van der Waals surface area contributed by atoms with Gasteiger partial charge in [-0.15, -0.1) is 5.10 Å². The molecule has 0 bridgehead atoms. The van der Waals surface area contributed by atoms with Crippen molar-refractivity contribution in [3.05, 3.63) is 29.8 Å². The molecule has 0 amide bonds. The Balaban J connectivity index is 2.14. The van der Waals surface area contributed by atoms with Crippen LogP contribution in [0.3, 0.4) is 0 Å². The second-order valence-electron chi connectivity index (χ2n) is 4.70. The van der Waals surface area contributed by atoms with Gasteiger partial charge in [0.2, 0.25) is 0 Å². The van der Waals surface area contributed by atoms with E-state index in [1.807, 2.05) is 37.4 Å². The smallest absolute Gasteiger partial charge is 0.102 e. The van der Waals surface area contributed by atoms with Crippen molar-refractivity contribution in [3.63, 3.8) is 0 Å². The lowest BCUT2D eigenvalue weighted by Gasteiger charge is -2.20. The molecule has 0 fully saturated rings. The predicted molar refractivity (Wildman–Crippen MR) is 64.4 cm³/mol. The second kappa shape index (κ2) is 4.29. The summed E-state index contributed by atoms with van der Waals surface area (Å²) in [6.45, 7) is 4.84. The van der Waals surface area contributed by atoms with Gasteiger partial charge in [0, 0.05) is 18.8 Å². The van der Waals surface area contributed by atoms with Crippen LogP contribution in [0.15, 0.2) is 18.6 Å². The van der Waals surface area contributed by atoms with Gasteiger partial charge in [0.05, 0.1) is 24.5 Å². The molecule has 0 spiro atoms. The molecule has 6 nitrogen and oxygen atoms in total. The van der Waals surface area contributed by atoms with Gasteiger partial charge in [-0.2, -0.15) is 5.10 Å². The van der Waals surface area contributed by atoms with Crippen molar-refractivity contribution in [2.24, 2.45) is 7.05 Å². The highest BCUT2D eigenvalue weighted by atomic mass is 15.4. The Morgan fingerprint density at radius 2 is 2.12 bits per heavy atom. The van der Waals surface area contributed by atoms with Gasteiger partial charge >= 0.3 is 0 Å². The van der Waals surface area contributed by atoms with Gasteiger partial charge in [0.1, 0.15) is 5.69 Å². The van der Waals surface area contributed by atoms with Gasteiger partial charge in [0.15, 0.2) is 0 Å². The van der Waals surface area contributed by atoms with Gasteiger partial charge in [-0.3, -0.25) is 4.68 Å². The third kappa shape index (κ3) is 2.52. The molecule has 2 heterocycles. The molecule has 6 heteroatoms. The van der Waals surface area contributed by atoms with E-state index >= 15 is 0 Å². The molecule has 0 saturated carbocycles. The minimum atomic E-state index is -0.160. The van der Waals surface area contributed by atoms with Crippen molar-refractivity contribution in [3.8, 4) is 0 Å². The fraction of sp³-hybridized carbons (Fsp3) is 0.545. The molecule has 0 aliphatic heterocycles. The van der Waals surface area contributed by atoms with E-state index in [-0.39, 0.29) is 5.54 Å². The molecule has 0 unspecified atom stereocenters. The SMILES string of the molecule is CNC(C)(C)c1cn(Cc2cnn(C)c2)nn1. The lowest BCUT2D eigenvalue weighted by Crippen LogP contribution is -2.33. The molecule has 0 aliphatic carbocycles. The number of hydrogen-bond acceptors (Lipinski definition) is 4. The van der Waals surface area contributed by atoms with Crippen LogP contribution in [0.4, 0.5) is 0 Å². The van der Waals surface area contributed by atoms with E-state index in [1.165, 1.54) is 0 Å². The van der Waals surface area contributed by atoms with Crippen LogP contribution < -0.4 is 5.32 Å². The molecule has 2 aromatic rings. The van der Waals surface area contributed by atoms with Crippen molar-refractivity contribution >= 4 is 0 Å². The van der Waals surface area contributed by atoms with E-state index in [9.17, 15) is 0 Å². The average Bonchev–Trinajstić information content (AvgIpc) is 2.89. The highest BCUT2D eigenvalue weighted by molar-refractivity contribution is 5.09. The van der Waals surface area contributed by atoms with E-state index in [1.54, 1.807) is 4.68 Å². The van der Waals surface area contributed by atoms with Crippen LogP contribution in [-0.4, -0.2) is 31.8 Å². The molecular weight excluding hydrogens is 216 g/mol. The molecule has 2 rings (SSSR count). The number of aromatic nitrogens is 5. The number of nitrogens with one attached hydrogen (secondary N) is 1. The van der Waals surface area contributed by atoms with Crippen molar-refractivity contribution in [1.29, 1.82) is 0 Å². The Bertz CT molecular complexity index is 496. The van der Waals surface area contributed by atoms with E-state index in [2.05, 4.69) is 34.6 Å². The summed E-state index contributed by atoms with van der Waals surface area (Å²) in [6, 6.07) is 0. The van der Waals surface area contributed by atoms with E-state index in [4.69, 9.17) is 0 Å². The number of hydrogen-bond donors (Lipinski definition) is 1. The first-order chi connectivity index (χ1) is 8.01. The lowest BCUT2D eigenvalue weighted by atomic mass is 10.0. The number of nitrogens with zero attached hydrogens (tertiary/aromatic N) is 5. The fourth-order valence-electron chi connectivity index (χ4n) is 1.53. The molecule has 17 heavy (non-hydrogen) atoms. The predicted octanol–water partition coefficient (Wildman–Crippen LogP) is 0.514. The van der Waals surface area contributed by atoms with Gasteiger partial charge < -0.3 is 5.32 Å². The maximum atomic E-state index is 4.18. The molecule has 1 N–H and O–H groups in total. The van der Waals surface area contributed by atoms with Crippen LogP contribution in [0.1, 0.15) is 25.1 Å². The largest absolute Gasteiger partial charge is 0.310 e. The van der Waals surface area contributed by atoms with Crippen LogP contribution in [0, 0.1) is 0 Å². The first kappa shape index (κ1) is 11.8. The zero-order valence-electron chi connectivity index (χ0n) is 10.7. The lowest BCUT2D eigenvalue weighted by molar-refractivity contribution is 0.430. The minimum Gasteiger partial charge on any atom is -0.310 e. The van der Waals surface area contributed by atoms with Crippen molar-refractivity contribution in [2.45, 2.75) is 25.9 Å². The minimum absolute atomic E-state index is 0.160. The topological polar surface area (TPSA) is 60.6 Å². The zero-order chi connectivity index (χ0) is 12.5. The summed E-state index contributed by atoms with van der Waals surface area (Å²) in [4.78, 5) is 0. The highest BCUT2D eigenvalue weighted by Gasteiger charge is 2.21. The molecule has 92 valence electrons. The van der Waals surface area contributed by atoms with Gasteiger partial charge in [0.25, 0.3) is 0 Å². The summed E-state index contributed by atoms with van der Waals surface area (Å²) in [6.07, 6.45) is 5.78. The Kier molecular flexibility index (Phi) is 2.97. The Labute approximate surface area is 101 Å².